The third-order valence-electron chi connectivity index (χ3n) is 7.25. The summed E-state index contributed by atoms with van der Waals surface area (Å²) in [7, 11) is 0. The number of rotatable bonds is 9. The van der Waals surface area contributed by atoms with Gasteiger partial charge in [0.1, 0.15) is 22.4 Å². The Balaban J connectivity index is 1.27. The highest BCUT2D eigenvalue weighted by molar-refractivity contribution is 8.07. The molecule has 3 heterocycles. The summed E-state index contributed by atoms with van der Waals surface area (Å²) in [5.41, 5.74) is 2.54. The highest BCUT2D eigenvalue weighted by Gasteiger charge is 2.55. The number of carbonyl (C=O) groups excluding carboxylic acids is 4. The molecule has 0 radical (unpaired) electrons. The first-order chi connectivity index (χ1) is 20.5. The molecule has 6 rings (SSSR count). The Hall–Kier alpha value is -4.02. The van der Waals surface area contributed by atoms with Gasteiger partial charge in [-0.05, 0) is 16.7 Å². The second kappa shape index (κ2) is 12.5. The topological polar surface area (TPSA) is 102 Å². The first-order valence-electron chi connectivity index (χ1n) is 13.6. The van der Waals surface area contributed by atoms with E-state index in [-0.39, 0.29) is 29.9 Å². The van der Waals surface area contributed by atoms with Crippen molar-refractivity contribution in [3.63, 3.8) is 0 Å². The molecule has 42 heavy (non-hydrogen) atoms. The fourth-order valence-corrected chi connectivity index (χ4v) is 7.87. The SMILES string of the molecule is O=C(Cc1ccccc1)NC1C(=O)N2C(C(=O)OC(c3ccccc3)c3ccccc3)=C(SC3CCOC3=O)CS[C@H]12. The number of nitrogens with one attached hydrogen (secondary N) is 1. The van der Waals surface area contributed by atoms with E-state index < -0.39 is 28.7 Å². The van der Waals surface area contributed by atoms with Crippen LogP contribution in [0.2, 0.25) is 0 Å². The monoisotopic (exact) mass is 600 g/mol. The van der Waals surface area contributed by atoms with Crippen molar-refractivity contribution in [1.82, 2.24) is 10.2 Å². The van der Waals surface area contributed by atoms with Gasteiger partial charge in [-0.1, -0.05) is 91.0 Å². The molecule has 2 fully saturated rings. The minimum atomic E-state index is -0.768. The number of hydrogen-bond acceptors (Lipinski definition) is 8. The Morgan fingerprint density at radius 3 is 2.17 bits per heavy atom. The number of fused-ring (bicyclic) bond motifs is 1. The maximum absolute atomic E-state index is 14.0. The summed E-state index contributed by atoms with van der Waals surface area (Å²) in [6.45, 7) is 0.321. The summed E-state index contributed by atoms with van der Waals surface area (Å²) in [5, 5.41) is 1.93. The van der Waals surface area contributed by atoms with Crippen molar-refractivity contribution in [1.29, 1.82) is 0 Å². The molecule has 0 bridgehead atoms. The van der Waals surface area contributed by atoms with Crippen LogP contribution in [0.25, 0.3) is 0 Å². The van der Waals surface area contributed by atoms with E-state index in [0.717, 1.165) is 16.7 Å². The minimum Gasteiger partial charge on any atom is -0.465 e. The Morgan fingerprint density at radius 1 is 0.952 bits per heavy atom. The third-order valence-corrected chi connectivity index (χ3v) is 10.0. The molecule has 3 aliphatic rings. The first kappa shape index (κ1) is 28.1. The fraction of sp³-hybridized carbons (Fsp3) is 0.250. The van der Waals surface area contributed by atoms with Gasteiger partial charge in [0.2, 0.25) is 5.91 Å². The molecule has 2 amide bonds. The molecule has 3 aromatic rings. The normalized spacial score (nSPS) is 21.5. The van der Waals surface area contributed by atoms with Crippen molar-refractivity contribution in [2.45, 2.75) is 35.6 Å². The molecule has 1 N–H and O–H groups in total. The van der Waals surface area contributed by atoms with Crippen molar-refractivity contribution in [2.24, 2.45) is 0 Å². The van der Waals surface area contributed by atoms with E-state index in [2.05, 4.69) is 5.32 Å². The Kier molecular flexibility index (Phi) is 8.34. The van der Waals surface area contributed by atoms with Crippen LogP contribution in [0.1, 0.15) is 29.2 Å². The third kappa shape index (κ3) is 5.82. The van der Waals surface area contributed by atoms with E-state index in [1.54, 1.807) is 0 Å². The summed E-state index contributed by atoms with van der Waals surface area (Å²) < 4.78 is 11.3. The van der Waals surface area contributed by atoms with Crippen molar-refractivity contribution >= 4 is 47.3 Å². The van der Waals surface area contributed by atoms with Gasteiger partial charge in [0, 0.05) is 17.1 Å². The van der Waals surface area contributed by atoms with Crippen molar-refractivity contribution in [2.75, 3.05) is 12.4 Å². The molecule has 3 aliphatic heterocycles. The number of carbonyl (C=O) groups is 4. The number of cyclic esters (lactones) is 1. The van der Waals surface area contributed by atoms with Crippen molar-refractivity contribution in [3.05, 3.63) is 118 Å². The summed E-state index contributed by atoms with van der Waals surface area (Å²) in [5.74, 6) is -1.26. The van der Waals surface area contributed by atoms with Gasteiger partial charge in [-0.2, -0.15) is 0 Å². The van der Waals surface area contributed by atoms with Crippen LogP contribution in [-0.2, 0) is 35.1 Å². The molecular formula is C32H28N2O6S2. The summed E-state index contributed by atoms with van der Waals surface area (Å²) in [4.78, 5) is 54.7. The van der Waals surface area contributed by atoms with Gasteiger partial charge in [0.15, 0.2) is 6.10 Å². The van der Waals surface area contributed by atoms with Crippen molar-refractivity contribution < 1.29 is 28.7 Å². The lowest BCUT2D eigenvalue weighted by Gasteiger charge is -2.49. The van der Waals surface area contributed by atoms with Crippen LogP contribution in [0, 0.1) is 0 Å². The van der Waals surface area contributed by atoms with Crippen LogP contribution >= 0.6 is 23.5 Å². The maximum atomic E-state index is 14.0. The molecule has 8 nitrogen and oxygen atoms in total. The molecule has 3 atom stereocenters. The van der Waals surface area contributed by atoms with Gasteiger partial charge in [0.05, 0.1) is 13.0 Å². The predicted molar refractivity (Wildman–Crippen MR) is 160 cm³/mol. The average molecular weight is 601 g/mol. The van der Waals surface area contributed by atoms with Crippen molar-refractivity contribution in [3.8, 4) is 0 Å². The quantitative estimate of drug-likeness (QED) is 0.288. The first-order valence-corrected chi connectivity index (χ1v) is 15.6. The van der Waals surface area contributed by atoms with Crippen LogP contribution < -0.4 is 5.32 Å². The highest BCUT2D eigenvalue weighted by Crippen LogP contribution is 2.46. The lowest BCUT2D eigenvalue weighted by Crippen LogP contribution is -2.70. The van der Waals surface area contributed by atoms with E-state index in [0.29, 0.717) is 23.7 Å². The van der Waals surface area contributed by atoms with Gasteiger partial charge in [-0.15, -0.1) is 23.5 Å². The molecule has 10 heteroatoms. The van der Waals surface area contributed by atoms with Crippen LogP contribution in [0.5, 0.6) is 0 Å². The van der Waals surface area contributed by atoms with Gasteiger partial charge in [-0.3, -0.25) is 19.3 Å². The van der Waals surface area contributed by atoms with E-state index in [1.807, 2.05) is 91.0 Å². The van der Waals surface area contributed by atoms with Gasteiger partial charge in [-0.25, -0.2) is 4.79 Å². The van der Waals surface area contributed by atoms with E-state index in [1.165, 1.54) is 28.4 Å². The summed E-state index contributed by atoms with van der Waals surface area (Å²) >= 11 is 2.70. The zero-order valence-electron chi connectivity index (χ0n) is 22.5. The molecular weight excluding hydrogens is 572 g/mol. The fourth-order valence-electron chi connectivity index (χ4n) is 5.18. The van der Waals surface area contributed by atoms with E-state index in [4.69, 9.17) is 9.47 Å². The van der Waals surface area contributed by atoms with Crippen LogP contribution in [-0.4, -0.2) is 57.7 Å². The summed E-state index contributed by atoms with van der Waals surface area (Å²) in [6, 6.07) is 27.4. The molecule has 0 aliphatic carbocycles. The molecule has 0 aromatic heterocycles. The molecule has 2 unspecified atom stereocenters. The Labute approximate surface area is 251 Å². The van der Waals surface area contributed by atoms with Gasteiger partial charge in [0.25, 0.3) is 5.91 Å². The lowest BCUT2D eigenvalue weighted by atomic mass is 10.0. The largest absolute Gasteiger partial charge is 0.465 e. The van der Waals surface area contributed by atoms with Gasteiger partial charge < -0.3 is 14.8 Å². The number of nitrogens with zero attached hydrogens (tertiary/aromatic N) is 1. The standard InChI is InChI=1S/C32H28N2O6S2/c35-25(18-20-10-4-1-5-11-20)33-26-29(36)34-27(24(19-41-30(26)34)42-23-16-17-39-31(23)37)32(38)40-28(21-12-6-2-7-13-21)22-14-8-3-9-15-22/h1-15,23,26,28,30H,16-19H2,(H,33,35)/t23?,26?,30-/m1/s1. The number of hydrogen-bond donors (Lipinski definition) is 1. The van der Waals surface area contributed by atoms with Gasteiger partial charge >= 0.3 is 11.9 Å². The maximum Gasteiger partial charge on any atom is 0.356 e. The second-order valence-corrected chi connectivity index (χ2v) is 12.5. The zero-order valence-corrected chi connectivity index (χ0v) is 24.1. The lowest BCUT2D eigenvalue weighted by molar-refractivity contribution is -0.154. The Morgan fingerprint density at radius 2 is 1.57 bits per heavy atom. The van der Waals surface area contributed by atoms with E-state index in [9.17, 15) is 19.2 Å². The minimum absolute atomic E-state index is 0.124. The molecule has 0 saturated carbocycles. The molecule has 214 valence electrons. The second-order valence-electron chi connectivity index (χ2n) is 10.1. The molecule has 2 saturated heterocycles. The molecule has 3 aromatic carbocycles. The number of thioether (sulfide) groups is 2. The number of esters is 2. The number of β-lactam (4-membered cyclic amide) rings is 1. The highest BCUT2D eigenvalue weighted by atomic mass is 32.2. The predicted octanol–water partition coefficient (Wildman–Crippen LogP) is 4.22. The Bertz CT molecular complexity index is 1480. The van der Waals surface area contributed by atoms with Crippen LogP contribution in [0.4, 0.5) is 0 Å². The van der Waals surface area contributed by atoms with E-state index >= 15 is 0 Å². The summed E-state index contributed by atoms with van der Waals surface area (Å²) in [6.07, 6.45) is -0.0412. The number of amides is 2. The van der Waals surface area contributed by atoms with Crippen LogP contribution in [0.15, 0.2) is 102 Å². The van der Waals surface area contributed by atoms with Crippen LogP contribution in [0.3, 0.4) is 0 Å². The number of benzene rings is 3. The average Bonchev–Trinajstić information content (AvgIpc) is 3.43. The molecule has 0 spiro atoms. The zero-order chi connectivity index (χ0) is 29.1. The smallest absolute Gasteiger partial charge is 0.356 e. The number of ether oxygens (including phenoxy) is 2.